The third-order valence-electron chi connectivity index (χ3n) is 4.20. The van der Waals surface area contributed by atoms with Crippen molar-refractivity contribution in [3.8, 4) is 0 Å². The molecule has 0 aromatic carbocycles. The summed E-state index contributed by atoms with van der Waals surface area (Å²) in [5, 5.41) is 12.7. The lowest BCUT2D eigenvalue weighted by Crippen LogP contribution is -2.49. The van der Waals surface area contributed by atoms with Crippen molar-refractivity contribution in [1.29, 1.82) is 0 Å². The summed E-state index contributed by atoms with van der Waals surface area (Å²) < 4.78 is 5.33. The Kier molecular flexibility index (Phi) is 4.93. The number of morpholine rings is 1. The van der Waals surface area contributed by atoms with Gasteiger partial charge in [0, 0.05) is 37.1 Å². The molecule has 3 heterocycles. The fourth-order valence-electron chi connectivity index (χ4n) is 2.99. The maximum atomic E-state index is 12.2. The predicted molar refractivity (Wildman–Crippen MR) is 86.8 cm³/mol. The summed E-state index contributed by atoms with van der Waals surface area (Å²) in [7, 11) is 0. The van der Waals surface area contributed by atoms with E-state index in [1.807, 2.05) is 23.6 Å². The number of likely N-dealkylation sites (tertiary alicyclic amines) is 1. The molecular weight excluding hydrogens is 300 g/mol. The highest BCUT2D eigenvalue weighted by atomic mass is 32.1. The van der Waals surface area contributed by atoms with Crippen LogP contribution in [0.5, 0.6) is 0 Å². The molecule has 0 spiro atoms. The second-order valence-electron chi connectivity index (χ2n) is 5.97. The Morgan fingerprint density at radius 2 is 2.23 bits per heavy atom. The minimum Gasteiger partial charge on any atom is -0.387 e. The Labute approximate surface area is 134 Å². The number of carbonyl (C=O) groups is 1. The van der Waals surface area contributed by atoms with Gasteiger partial charge in [-0.3, -0.25) is 9.69 Å². The Morgan fingerprint density at radius 1 is 1.41 bits per heavy atom. The molecular formula is C16H22N2O3S. The van der Waals surface area contributed by atoms with Crippen LogP contribution in [0.4, 0.5) is 0 Å². The molecule has 1 amide bonds. The molecule has 0 radical (unpaired) electrons. The number of hydrogen-bond acceptors (Lipinski definition) is 5. The Bertz CT molecular complexity index is 526. The first-order valence-electron chi connectivity index (χ1n) is 7.68. The van der Waals surface area contributed by atoms with Gasteiger partial charge in [0.05, 0.1) is 25.4 Å². The Hall–Kier alpha value is -1.21. The van der Waals surface area contributed by atoms with E-state index in [0.29, 0.717) is 26.1 Å². The number of nitrogens with zero attached hydrogens (tertiary/aromatic N) is 2. The van der Waals surface area contributed by atoms with Crippen molar-refractivity contribution < 1.29 is 14.6 Å². The summed E-state index contributed by atoms with van der Waals surface area (Å²) in [6.07, 6.45) is 4.08. The van der Waals surface area contributed by atoms with Crippen LogP contribution in [0.3, 0.4) is 0 Å². The van der Waals surface area contributed by atoms with Gasteiger partial charge in [-0.1, -0.05) is 6.07 Å². The van der Waals surface area contributed by atoms with Gasteiger partial charge < -0.3 is 14.7 Å². The summed E-state index contributed by atoms with van der Waals surface area (Å²) in [5.74, 6) is -0.0219. The quantitative estimate of drug-likeness (QED) is 0.842. The Balaban J connectivity index is 1.53. The standard InChI is InChI=1S/C16H22N2O3S/c19-15(4-3-14-2-1-11-22-14)18-6-5-16(20,13-18)12-17-7-9-21-10-8-17/h1-4,11,20H,5-10,12-13H2/b4-3+. The van der Waals surface area contributed by atoms with E-state index < -0.39 is 5.60 Å². The zero-order valence-corrected chi connectivity index (χ0v) is 13.4. The number of rotatable bonds is 4. The second-order valence-corrected chi connectivity index (χ2v) is 6.95. The van der Waals surface area contributed by atoms with Crippen molar-refractivity contribution in [1.82, 2.24) is 9.80 Å². The molecule has 1 aromatic rings. The monoisotopic (exact) mass is 322 g/mol. The number of ether oxygens (including phenoxy) is 1. The van der Waals surface area contributed by atoms with Crippen LogP contribution in [0, 0.1) is 0 Å². The summed E-state index contributed by atoms with van der Waals surface area (Å²) in [6, 6.07) is 3.94. The van der Waals surface area contributed by atoms with Crippen LogP contribution in [-0.2, 0) is 9.53 Å². The van der Waals surface area contributed by atoms with Crippen LogP contribution >= 0.6 is 11.3 Å². The lowest BCUT2D eigenvalue weighted by Gasteiger charge is -2.33. The third-order valence-corrected chi connectivity index (χ3v) is 5.04. The van der Waals surface area contributed by atoms with Gasteiger partial charge in [-0.2, -0.15) is 0 Å². The van der Waals surface area contributed by atoms with Gasteiger partial charge in [-0.25, -0.2) is 0 Å². The molecule has 0 bridgehead atoms. The first-order valence-corrected chi connectivity index (χ1v) is 8.56. The van der Waals surface area contributed by atoms with Crippen molar-refractivity contribution in [2.75, 3.05) is 45.9 Å². The second kappa shape index (κ2) is 6.91. The minimum absolute atomic E-state index is 0.0219. The summed E-state index contributed by atoms with van der Waals surface area (Å²) >= 11 is 1.61. The zero-order valence-electron chi connectivity index (χ0n) is 12.6. The van der Waals surface area contributed by atoms with Crippen molar-refractivity contribution in [3.05, 3.63) is 28.5 Å². The minimum atomic E-state index is -0.788. The molecule has 6 heteroatoms. The van der Waals surface area contributed by atoms with Crippen LogP contribution in [0.25, 0.3) is 6.08 Å². The highest BCUT2D eigenvalue weighted by Crippen LogP contribution is 2.23. The number of β-amino-alcohol motifs (C(OH)–C–C–N with tert-alkyl or cyclic N) is 1. The normalized spacial score (nSPS) is 26.9. The number of amides is 1. The average molecular weight is 322 g/mol. The van der Waals surface area contributed by atoms with Crippen molar-refractivity contribution in [3.63, 3.8) is 0 Å². The van der Waals surface area contributed by atoms with E-state index in [0.717, 1.165) is 31.2 Å². The lowest BCUT2D eigenvalue weighted by atomic mass is 10.0. The average Bonchev–Trinajstić information content (AvgIpc) is 3.16. The topological polar surface area (TPSA) is 53.0 Å². The van der Waals surface area contributed by atoms with E-state index in [2.05, 4.69) is 4.90 Å². The third kappa shape index (κ3) is 3.95. The molecule has 0 saturated carbocycles. The first kappa shape index (κ1) is 15.7. The first-order chi connectivity index (χ1) is 10.6. The van der Waals surface area contributed by atoms with Gasteiger partial charge in [0.15, 0.2) is 0 Å². The molecule has 1 N–H and O–H groups in total. The maximum Gasteiger partial charge on any atom is 0.246 e. The maximum absolute atomic E-state index is 12.2. The van der Waals surface area contributed by atoms with Gasteiger partial charge in [0.1, 0.15) is 0 Å². The molecule has 3 rings (SSSR count). The van der Waals surface area contributed by atoms with E-state index in [1.54, 1.807) is 22.3 Å². The molecule has 0 aliphatic carbocycles. The number of thiophene rings is 1. The summed E-state index contributed by atoms with van der Waals surface area (Å²) in [6.45, 7) is 4.81. The summed E-state index contributed by atoms with van der Waals surface area (Å²) in [4.78, 5) is 17.2. The Morgan fingerprint density at radius 3 is 2.95 bits per heavy atom. The van der Waals surface area contributed by atoms with E-state index >= 15 is 0 Å². The van der Waals surface area contributed by atoms with Crippen molar-refractivity contribution in [2.24, 2.45) is 0 Å². The van der Waals surface area contributed by atoms with E-state index in [4.69, 9.17) is 4.74 Å². The van der Waals surface area contributed by atoms with Gasteiger partial charge >= 0.3 is 0 Å². The van der Waals surface area contributed by atoms with E-state index in [-0.39, 0.29) is 5.91 Å². The number of aliphatic hydroxyl groups is 1. The van der Waals surface area contributed by atoms with E-state index in [9.17, 15) is 9.90 Å². The molecule has 1 atom stereocenters. The molecule has 22 heavy (non-hydrogen) atoms. The fourth-order valence-corrected chi connectivity index (χ4v) is 3.61. The molecule has 1 unspecified atom stereocenters. The molecule has 2 aliphatic rings. The van der Waals surface area contributed by atoms with Crippen molar-refractivity contribution >= 4 is 23.3 Å². The largest absolute Gasteiger partial charge is 0.387 e. The van der Waals surface area contributed by atoms with Crippen LogP contribution in [0.2, 0.25) is 0 Å². The smallest absolute Gasteiger partial charge is 0.246 e. The summed E-state index contributed by atoms with van der Waals surface area (Å²) in [5.41, 5.74) is -0.788. The molecule has 2 fully saturated rings. The van der Waals surface area contributed by atoms with Crippen molar-refractivity contribution in [2.45, 2.75) is 12.0 Å². The molecule has 5 nitrogen and oxygen atoms in total. The highest BCUT2D eigenvalue weighted by molar-refractivity contribution is 7.10. The van der Waals surface area contributed by atoms with Crippen LogP contribution in [0.1, 0.15) is 11.3 Å². The van der Waals surface area contributed by atoms with Gasteiger partial charge in [-0.05, 0) is 23.9 Å². The zero-order chi connectivity index (χ0) is 15.4. The van der Waals surface area contributed by atoms with Crippen LogP contribution in [0.15, 0.2) is 23.6 Å². The number of carbonyl (C=O) groups excluding carboxylic acids is 1. The SMILES string of the molecule is O=C(/C=C/c1cccs1)N1CCC(O)(CN2CCOCC2)C1. The van der Waals surface area contributed by atoms with E-state index in [1.165, 1.54) is 0 Å². The molecule has 1 aromatic heterocycles. The van der Waals surface area contributed by atoms with Crippen LogP contribution in [-0.4, -0.2) is 72.4 Å². The number of hydrogen-bond donors (Lipinski definition) is 1. The van der Waals surface area contributed by atoms with Gasteiger partial charge in [-0.15, -0.1) is 11.3 Å². The predicted octanol–water partition coefficient (Wildman–Crippen LogP) is 1.06. The molecule has 2 aliphatic heterocycles. The highest BCUT2D eigenvalue weighted by Gasteiger charge is 2.39. The van der Waals surface area contributed by atoms with Gasteiger partial charge in [0.25, 0.3) is 0 Å². The molecule has 120 valence electrons. The fraction of sp³-hybridized carbons (Fsp3) is 0.562. The lowest BCUT2D eigenvalue weighted by molar-refractivity contribution is -0.126. The van der Waals surface area contributed by atoms with Crippen LogP contribution < -0.4 is 0 Å². The molecule has 2 saturated heterocycles. The van der Waals surface area contributed by atoms with Gasteiger partial charge in [0.2, 0.25) is 5.91 Å².